The maximum atomic E-state index is 13.6. The number of para-hydroxylation sites is 1. The van der Waals surface area contributed by atoms with Crippen molar-refractivity contribution in [1.29, 1.82) is 0 Å². The van der Waals surface area contributed by atoms with Crippen LogP contribution in [0.25, 0.3) is 17.0 Å². The van der Waals surface area contributed by atoms with E-state index in [0.29, 0.717) is 6.42 Å². The number of benzene rings is 3. The van der Waals surface area contributed by atoms with E-state index >= 15 is 0 Å². The average Bonchev–Trinajstić information content (AvgIpc) is 3.32. The second kappa shape index (κ2) is 11.6. The normalized spacial score (nSPS) is 15.5. The molecule has 0 spiro atoms. The summed E-state index contributed by atoms with van der Waals surface area (Å²) in [5, 5.41) is 1.25. The molecule has 0 radical (unpaired) electrons. The Morgan fingerprint density at radius 3 is 2.32 bits per heavy atom. The van der Waals surface area contributed by atoms with E-state index in [-0.39, 0.29) is 11.8 Å². The highest BCUT2D eigenvalue weighted by molar-refractivity contribution is 5.86. The minimum atomic E-state index is 0.0395. The number of aryl methyl sites for hydroxylation is 2. The van der Waals surface area contributed by atoms with Crippen molar-refractivity contribution < 1.29 is 4.79 Å². The number of hydrogen-bond donors (Lipinski definition) is 0. The first-order chi connectivity index (χ1) is 18.1. The van der Waals surface area contributed by atoms with Crippen molar-refractivity contribution in [3.05, 3.63) is 113 Å². The maximum absolute atomic E-state index is 13.6. The number of aromatic nitrogens is 1. The molecule has 4 nitrogen and oxygen atoms in total. The molecule has 0 bridgehead atoms. The third-order valence-corrected chi connectivity index (χ3v) is 7.59. The van der Waals surface area contributed by atoms with Gasteiger partial charge in [-0.1, -0.05) is 90.5 Å². The lowest BCUT2D eigenvalue weighted by Gasteiger charge is -2.35. The van der Waals surface area contributed by atoms with Gasteiger partial charge in [0.05, 0.1) is 0 Å². The first kappa shape index (κ1) is 25.0. The molecular formula is C33H37N3O. The van der Waals surface area contributed by atoms with Crippen LogP contribution in [0.2, 0.25) is 0 Å². The molecule has 0 saturated carbocycles. The molecule has 0 unspecified atom stereocenters. The summed E-state index contributed by atoms with van der Waals surface area (Å²) in [7, 11) is 0. The molecule has 37 heavy (non-hydrogen) atoms. The van der Waals surface area contributed by atoms with Gasteiger partial charge in [-0.25, -0.2) is 0 Å². The van der Waals surface area contributed by atoms with Gasteiger partial charge in [0.1, 0.15) is 0 Å². The zero-order valence-corrected chi connectivity index (χ0v) is 22.0. The topological polar surface area (TPSA) is 28.5 Å². The highest BCUT2D eigenvalue weighted by atomic mass is 16.2. The summed E-state index contributed by atoms with van der Waals surface area (Å²) in [5.41, 5.74) is 6.16. The van der Waals surface area contributed by atoms with Crippen LogP contribution < -0.4 is 0 Å². The Labute approximate surface area is 220 Å². The first-order valence-corrected chi connectivity index (χ1v) is 13.5. The summed E-state index contributed by atoms with van der Waals surface area (Å²) in [5.74, 6) is 0.288. The third kappa shape index (κ3) is 5.86. The van der Waals surface area contributed by atoms with Crippen molar-refractivity contribution in [2.75, 3.05) is 32.7 Å². The van der Waals surface area contributed by atoms with E-state index in [1.54, 1.807) is 0 Å². The molecule has 4 heteroatoms. The molecule has 1 aliphatic rings. The maximum Gasteiger partial charge on any atom is 0.223 e. The third-order valence-electron chi connectivity index (χ3n) is 7.59. The van der Waals surface area contributed by atoms with E-state index in [1.165, 1.54) is 33.2 Å². The second-order valence-corrected chi connectivity index (χ2v) is 10.0. The molecule has 3 aromatic carbocycles. The lowest BCUT2D eigenvalue weighted by Crippen LogP contribution is -2.48. The van der Waals surface area contributed by atoms with Gasteiger partial charge in [0, 0.05) is 68.7 Å². The fourth-order valence-electron chi connectivity index (χ4n) is 5.41. The van der Waals surface area contributed by atoms with Crippen molar-refractivity contribution in [2.45, 2.75) is 32.7 Å². The van der Waals surface area contributed by atoms with Crippen LogP contribution in [0.15, 0.2) is 91.1 Å². The number of fused-ring (bicyclic) bond motifs is 1. The van der Waals surface area contributed by atoms with Crippen molar-refractivity contribution >= 4 is 22.9 Å². The van der Waals surface area contributed by atoms with Crippen molar-refractivity contribution in [3.63, 3.8) is 0 Å². The van der Waals surface area contributed by atoms with E-state index in [0.717, 1.165) is 39.3 Å². The van der Waals surface area contributed by atoms with Crippen LogP contribution in [0, 0.1) is 6.92 Å². The predicted octanol–water partition coefficient (Wildman–Crippen LogP) is 6.35. The van der Waals surface area contributed by atoms with E-state index in [9.17, 15) is 4.79 Å². The largest absolute Gasteiger partial charge is 0.347 e. The Morgan fingerprint density at radius 2 is 1.59 bits per heavy atom. The Bertz CT molecular complexity index is 1350. The van der Waals surface area contributed by atoms with Crippen LogP contribution in [-0.4, -0.2) is 53.0 Å². The number of nitrogens with zero attached hydrogens (tertiary/aromatic N) is 3. The van der Waals surface area contributed by atoms with Gasteiger partial charge in [0.15, 0.2) is 0 Å². The summed E-state index contributed by atoms with van der Waals surface area (Å²) in [6.45, 7) is 9.52. The van der Waals surface area contributed by atoms with Crippen LogP contribution in [0.3, 0.4) is 0 Å². The summed E-state index contributed by atoms with van der Waals surface area (Å²) in [4.78, 5) is 18.1. The summed E-state index contributed by atoms with van der Waals surface area (Å²) >= 11 is 0. The van der Waals surface area contributed by atoms with Gasteiger partial charge in [-0.2, -0.15) is 0 Å². The Hall–Kier alpha value is -3.63. The average molecular weight is 492 g/mol. The molecule has 1 aromatic heterocycles. The fourth-order valence-corrected chi connectivity index (χ4v) is 5.41. The molecule has 1 saturated heterocycles. The minimum absolute atomic E-state index is 0.0395. The monoisotopic (exact) mass is 491 g/mol. The van der Waals surface area contributed by atoms with Crippen LogP contribution in [0.4, 0.5) is 0 Å². The standard InChI is InChI=1S/C33H37N3O/c1-3-35-25-31(29-13-7-8-14-32(29)35)30(28-17-15-26(2)16-18-28)24-33(37)36-22-20-34(21-23-36)19-9-12-27-10-5-4-6-11-27/h4-18,25,30H,3,19-24H2,1-2H3/b12-9+/t30-/m1/s1. The summed E-state index contributed by atoms with van der Waals surface area (Å²) in [6.07, 6.45) is 7.16. The van der Waals surface area contributed by atoms with E-state index < -0.39 is 0 Å². The smallest absolute Gasteiger partial charge is 0.223 e. The Balaban J connectivity index is 1.29. The molecule has 1 aliphatic heterocycles. The predicted molar refractivity (Wildman–Crippen MR) is 154 cm³/mol. The van der Waals surface area contributed by atoms with Gasteiger partial charge in [-0.15, -0.1) is 0 Å². The Kier molecular flexibility index (Phi) is 7.86. The molecule has 1 atom stereocenters. The van der Waals surface area contributed by atoms with Crippen molar-refractivity contribution in [1.82, 2.24) is 14.4 Å². The molecule has 4 aromatic rings. The number of piperazine rings is 1. The number of carbonyl (C=O) groups excluding carboxylic acids is 1. The lowest BCUT2D eigenvalue weighted by atomic mass is 9.87. The van der Waals surface area contributed by atoms with Crippen LogP contribution in [-0.2, 0) is 11.3 Å². The molecule has 0 N–H and O–H groups in total. The van der Waals surface area contributed by atoms with Gasteiger partial charge in [0.2, 0.25) is 5.91 Å². The molecular weight excluding hydrogens is 454 g/mol. The zero-order valence-electron chi connectivity index (χ0n) is 22.0. The Morgan fingerprint density at radius 1 is 0.892 bits per heavy atom. The van der Waals surface area contributed by atoms with Gasteiger partial charge in [-0.3, -0.25) is 9.69 Å². The van der Waals surface area contributed by atoms with Crippen molar-refractivity contribution in [3.8, 4) is 0 Å². The van der Waals surface area contributed by atoms with Gasteiger partial charge in [0.25, 0.3) is 0 Å². The van der Waals surface area contributed by atoms with Crippen LogP contribution in [0.5, 0.6) is 0 Å². The molecule has 190 valence electrons. The van der Waals surface area contributed by atoms with E-state index in [1.807, 2.05) is 6.07 Å². The van der Waals surface area contributed by atoms with Crippen LogP contribution >= 0.6 is 0 Å². The van der Waals surface area contributed by atoms with E-state index in [2.05, 4.69) is 119 Å². The quantitative estimate of drug-likeness (QED) is 0.287. The lowest BCUT2D eigenvalue weighted by molar-refractivity contribution is -0.133. The van der Waals surface area contributed by atoms with Gasteiger partial charge >= 0.3 is 0 Å². The van der Waals surface area contributed by atoms with E-state index in [4.69, 9.17) is 0 Å². The highest BCUT2D eigenvalue weighted by Gasteiger charge is 2.27. The fraction of sp³-hybridized carbons (Fsp3) is 0.303. The molecule has 0 aliphatic carbocycles. The molecule has 1 amide bonds. The highest BCUT2D eigenvalue weighted by Crippen LogP contribution is 2.35. The van der Waals surface area contributed by atoms with Gasteiger partial charge < -0.3 is 9.47 Å². The summed E-state index contributed by atoms with van der Waals surface area (Å²) in [6, 6.07) is 27.7. The number of hydrogen-bond acceptors (Lipinski definition) is 2. The first-order valence-electron chi connectivity index (χ1n) is 13.5. The summed E-state index contributed by atoms with van der Waals surface area (Å²) < 4.78 is 2.30. The van der Waals surface area contributed by atoms with Crippen LogP contribution in [0.1, 0.15) is 41.5 Å². The SMILES string of the molecule is CCn1cc([C@H](CC(=O)N2CCN(C/C=C/c3ccccc3)CC2)c2ccc(C)cc2)c2ccccc21. The zero-order chi connectivity index (χ0) is 25.6. The van der Waals surface area contributed by atoms with Gasteiger partial charge in [-0.05, 0) is 36.6 Å². The number of amides is 1. The molecule has 1 fully saturated rings. The molecule has 2 heterocycles. The number of carbonyl (C=O) groups is 1. The molecule has 5 rings (SSSR count). The van der Waals surface area contributed by atoms with Crippen molar-refractivity contribution in [2.24, 2.45) is 0 Å². The minimum Gasteiger partial charge on any atom is -0.347 e. The second-order valence-electron chi connectivity index (χ2n) is 10.0. The number of rotatable bonds is 8.